The van der Waals surface area contributed by atoms with Gasteiger partial charge in [0.25, 0.3) is 5.91 Å². The van der Waals surface area contributed by atoms with E-state index in [2.05, 4.69) is 5.32 Å². The van der Waals surface area contributed by atoms with Crippen LogP contribution in [0.5, 0.6) is 0 Å². The molecule has 0 spiro atoms. The largest absolute Gasteiger partial charge is 0.452 e. The van der Waals surface area contributed by atoms with E-state index in [1.54, 1.807) is 12.1 Å². The quantitative estimate of drug-likeness (QED) is 0.838. The first-order valence-electron chi connectivity index (χ1n) is 5.80. The summed E-state index contributed by atoms with van der Waals surface area (Å²) in [6.07, 6.45) is 0. The summed E-state index contributed by atoms with van der Waals surface area (Å²) in [6.45, 7) is 5.17. The van der Waals surface area contributed by atoms with Crippen molar-refractivity contribution in [1.29, 1.82) is 5.26 Å². The number of carbonyl (C=O) groups excluding carboxylic acids is 2. The van der Waals surface area contributed by atoms with E-state index in [4.69, 9.17) is 10.00 Å². The van der Waals surface area contributed by atoms with Crippen molar-refractivity contribution in [2.45, 2.75) is 26.3 Å². The molecule has 1 aromatic rings. The Balaban J connectivity index is 2.56. The average Bonchev–Trinajstić information content (AvgIpc) is 2.34. The van der Waals surface area contributed by atoms with Gasteiger partial charge in [0, 0.05) is 5.54 Å². The molecule has 0 heterocycles. The van der Waals surface area contributed by atoms with Crippen LogP contribution in [-0.2, 0) is 9.53 Å². The molecule has 0 bridgehead atoms. The van der Waals surface area contributed by atoms with E-state index in [9.17, 15) is 9.59 Å². The van der Waals surface area contributed by atoms with E-state index in [1.807, 2.05) is 26.8 Å². The molecule has 5 nitrogen and oxygen atoms in total. The molecule has 1 N–H and O–H groups in total. The SMILES string of the molecule is CC(C)(C)NC(=O)COC(=O)c1cccc(C#N)c1. The van der Waals surface area contributed by atoms with Gasteiger partial charge >= 0.3 is 5.97 Å². The van der Waals surface area contributed by atoms with Crippen LogP contribution < -0.4 is 5.32 Å². The highest BCUT2D eigenvalue weighted by Gasteiger charge is 2.16. The number of nitrogens with zero attached hydrogens (tertiary/aromatic N) is 1. The minimum atomic E-state index is -0.624. The van der Waals surface area contributed by atoms with Crippen LogP contribution in [-0.4, -0.2) is 24.0 Å². The molecule has 1 amide bonds. The Hall–Kier alpha value is -2.35. The van der Waals surface area contributed by atoms with E-state index >= 15 is 0 Å². The minimum absolute atomic E-state index is 0.252. The maximum absolute atomic E-state index is 11.7. The number of benzene rings is 1. The van der Waals surface area contributed by atoms with Crippen molar-refractivity contribution in [3.05, 3.63) is 35.4 Å². The van der Waals surface area contributed by atoms with E-state index in [0.29, 0.717) is 5.56 Å². The van der Waals surface area contributed by atoms with Crippen LogP contribution in [0.3, 0.4) is 0 Å². The van der Waals surface area contributed by atoms with Crippen LogP contribution in [0.25, 0.3) is 0 Å². The molecule has 0 fully saturated rings. The molecule has 0 aromatic heterocycles. The number of hydrogen-bond acceptors (Lipinski definition) is 4. The molecule has 0 aliphatic rings. The van der Waals surface area contributed by atoms with Crippen molar-refractivity contribution < 1.29 is 14.3 Å². The summed E-state index contributed by atoms with van der Waals surface area (Å²) in [4.78, 5) is 23.1. The number of amides is 1. The Morgan fingerprint density at radius 3 is 2.63 bits per heavy atom. The lowest BCUT2D eigenvalue weighted by Gasteiger charge is -2.20. The Bertz CT molecular complexity index is 524. The Morgan fingerprint density at radius 1 is 1.37 bits per heavy atom. The molecule has 5 heteroatoms. The van der Waals surface area contributed by atoms with Gasteiger partial charge in [-0.3, -0.25) is 4.79 Å². The van der Waals surface area contributed by atoms with Crippen LogP contribution in [0.4, 0.5) is 0 Å². The fraction of sp³-hybridized carbons (Fsp3) is 0.357. The van der Waals surface area contributed by atoms with Gasteiger partial charge in [-0.2, -0.15) is 5.26 Å². The Morgan fingerprint density at radius 2 is 2.05 bits per heavy atom. The molecule has 1 rings (SSSR count). The number of nitrogens with one attached hydrogen (secondary N) is 1. The summed E-state index contributed by atoms with van der Waals surface area (Å²) < 4.78 is 4.87. The first-order chi connectivity index (χ1) is 8.81. The third-order valence-corrected chi connectivity index (χ3v) is 2.08. The van der Waals surface area contributed by atoms with Crippen molar-refractivity contribution >= 4 is 11.9 Å². The van der Waals surface area contributed by atoms with Crippen LogP contribution in [0, 0.1) is 11.3 Å². The lowest BCUT2D eigenvalue weighted by Crippen LogP contribution is -2.42. The standard InChI is InChI=1S/C14H16N2O3/c1-14(2,3)16-12(17)9-19-13(18)11-6-4-5-10(7-11)8-15/h4-7H,9H2,1-3H3,(H,16,17). The number of carbonyl (C=O) groups is 2. The summed E-state index contributed by atoms with van der Waals surface area (Å²) >= 11 is 0. The maximum atomic E-state index is 11.7. The highest BCUT2D eigenvalue weighted by Crippen LogP contribution is 2.06. The Labute approximate surface area is 112 Å². The molecule has 0 atom stereocenters. The molecule has 100 valence electrons. The minimum Gasteiger partial charge on any atom is -0.452 e. The Kier molecular flexibility index (Phi) is 4.65. The number of hydrogen-bond donors (Lipinski definition) is 1. The van der Waals surface area contributed by atoms with Gasteiger partial charge < -0.3 is 10.1 Å². The van der Waals surface area contributed by atoms with Gasteiger partial charge in [-0.1, -0.05) is 6.07 Å². The van der Waals surface area contributed by atoms with Gasteiger partial charge in [0.05, 0.1) is 17.2 Å². The van der Waals surface area contributed by atoms with Crippen LogP contribution in [0.1, 0.15) is 36.7 Å². The van der Waals surface area contributed by atoms with Crippen molar-refractivity contribution in [2.24, 2.45) is 0 Å². The molecule has 0 aliphatic carbocycles. The zero-order chi connectivity index (χ0) is 14.5. The van der Waals surface area contributed by atoms with Gasteiger partial charge in [-0.25, -0.2) is 4.79 Å². The molecule has 0 unspecified atom stereocenters. The second-order valence-electron chi connectivity index (χ2n) is 5.07. The number of rotatable bonds is 3. The summed E-state index contributed by atoms with van der Waals surface area (Å²) in [5, 5.41) is 11.4. The second-order valence-corrected chi connectivity index (χ2v) is 5.07. The predicted molar refractivity (Wildman–Crippen MR) is 69.3 cm³/mol. The van der Waals surface area contributed by atoms with Gasteiger partial charge in [0.2, 0.25) is 0 Å². The molecular weight excluding hydrogens is 244 g/mol. The zero-order valence-electron chi connectivity index (χ0n) is 11.2. The van der Waals surface area contributed by atoms with Crippen LogP contribution in [0.2, 0.25) is 0 Å². The third-order valence-electron chi connectivity index (χ3n) is 2.08. The number of nitriles is 1. The van der Waals surface area contributed by atoms with Crippen molar-refractivity contribution in [3.63, 3.8) is 0 Å². The molecule has 1 aromatic carbocycles. The van der Waals surface area contributed by atoms with E-state index in [0.717, 1.165) is 0 Å². The topological polar surface area (TPSA) is 79.2 Å². The van der Waals surface area contributed by atoms with Crippen LogP contribution >= 0.6 is 0 Å². The van der Waals surface area contributed by atoms with Crippen molar-refractivity contribution in [2.75, 3.05) is 6.61 Å². The van der Waals surface area contributed by atoms with E-state index in [1.165, 1.54) is 12.1 Å². The molecule has 0 aliphatic heterocycles. The molecular formula is C14H16N2O3. The zero-order valence-corrected chi connectivity index (χ0v) is 11.2. The molecule has 0 radical (unpaired) electrons. The summed E-state index contributed by atoms with van der Waals surface area (Å²) in [5.41, 5.74) is 0.251. The van der Waals surface area contributed by atoms with Crippen molar-refractivity contribution in [3.8, 4) is 6.07 Å². The highest BCUT2D eigenvalue weighted by molar-refractivity contribution is 5.91. The van der Waals surface area contributed by atoms with Gasteiger partial charge in [0.1, 0.15) is 0 Å². The average molecular weight is 260 g/mol. The van der Waals surface area contributed by atoms with E-state index < -0.39 is 5.97 Å². The third kappa shape index (κ3) is 5.21. The second kappa shape index (κ2) is 6.01. The molecule has 0 saturated carbocycles. The monoisotopic (exact) mass is 260 g/mol. The lowest BCUT2D eigenvalue weighted by molar-refractivity contribution is -0.125. The van der Waals surface area contributed by atoms with Crippen LogP contribution in [0.15, 0.2) is 24.3 Å². The first-order valence-corrected chi connectivity index (χ1v) is 5.80. The van der Waals surface area contributed by atoms with Gasteiger partial charge in [-0.15, -0.1) is 0 Å². The molecule has 19 heavy (non-hydrogen) atoms. The summed E-state index contributed by atoms with van der Waals surface area (Å²) in [6, 6.07) is 8.06. The summed E-state index contributed by atoms with van der Waals surface area (Å²) in [7, 11) is 0. The fourth-order valence-corrected chi connectivity index (χ4v) is 1.38. The fourth-order valence-electron chi connectivity index (χ4n) is 1.38. The predicted octanol–water partition coefficient (Wildman–Crippen LogP) is 1.63. The molecule has 0 saturated heterocycles. The highest BCUT2D eigenvalue weighted by atomic mass is 16.5. The van der Waals surface area contributed by atoms with Gasteiger partial charge in [-0.05, 0) is 39.0 Å². The van der Waals surface area contributed by atoms with Crippen molar-refractivity contribution in [1.82, 2.24) is 5.32 Å². The maximum Gasteiger partial charge on any atom is 0.338 e. The smallest absolute Gasteiger partial charge is 0.338 e. The number of ether oxygens (including phenoxy) is 1. The first kappa shape index (κ1) is 14.7. The summed E-state index contributed by atoms with van der Waals surface area (Å²) in [5.74, 6) is -0.988. The van der Waals surface area contributed by atoms with Gasteiger partial charge in [0.15, 0.2) is 6.61 Å². The normalized spacial score (nSPS) is 10.4. The lowest BCUT2D eigenvalue weighted by atomic mass is 10.1. The number of esters is 1. The van der Waals surface area contributed by atoms with E-state index in [-0.39, 0.29) is 23.6 Å².